The minimum atomic E-state index is -0.569. The van der Waals surface area contributed by atoms with Crippen molar-refractivity contribution in [2.45, 2.75) is 13.2 Å². The Morgan fingerprint density at radius 3 is 2.32 bits per heavy atom. The second-order valence-electron chi connectivity index (χ2n) is 3.96. The highest BCUT2D eigenvalue weighted by Crippen LogP contribution is 2.21. The molecular weight excluding hydrogens is 274 g/mol. The topological polar surface area (TPSA) is 29.5 Å². The Labute approximate surface area is 114 Å². The molecule has 0 radical (unpaired) electrons. The van der Waals surface area contributed by atoms with E-state index in [1.807, 2.05) is 0 Å². The Morgan fingerprint density at radius 2 is 1.68 bits per heavy atom. The maximum absolute atomic E-state index is 13.6. The number of rotatable bonds is 4. The first kappa shape index (κ1) is 13.8. The van der Waals surface area contributed by atoms with E-state index in [0.717, 1.165) is 0 Å². The molecule has 0 fully saturated rings. The van der Waals surface area contributed by atoms with E-state index in [1.54, 1.807) is 12.1 Å². The SMILES string of the molecule is OCc1ccc(OCc2ccc(Cl)c(F)c2)c(F)c1. The van der Waals surface area contributed by atoms with Crippen LogP contribution in [0.1, 0.15) is 11.1 Å². The first-order valence-corrected chi connectivity index (χ1v) is 5.94. The summed E-state index contributed by atoms with van der Waals surface area (Å²) in [7, 11) is 0. The zero-order chi connectivity index (χ0) is 13.8. The molecule has 0 saturated carbocycles. The van der Waals surface area contributed by atoms with Gasteiger partial charge in [0, 0.05) is 0 Å². The summed E-state index contributed by atoms with van der Waals surface area (Å²) in [4.78, 5) is 0. The molecule has 0 aliphatic rings. The van der Waals surface area contributed by atoms with Crippen molar-refractivity contribution in [3.8, 4) is 5.75 Å². The molecule has 0 aromatic heterocycles. The normalized spacial score (nSPS) is 10.5. The van der Waals surface area contributed by atoms with Crippen LogP contribution >= 0.6 is 11.6 Å². The van der Waals surface area contributed by atoms with Crippen LogP contribution < -0.4 is 4.74 Å². The van der Waals surface area contributed by atoms with Crippen LogP contribution in [0.15, 0.2) is 36.4 Å². The van der Waals surface area contributed by atoms with Crippen LogP contribution in [0.4, 0.5) is 8.78 Å². The summed E-state index contributed by atoms with van der Waals surface area (Å²) in [6, 6.07) is 8.43. The third-order valence-corrected chi connectivity index (χ3v) is 2.86. The minimum absolute atomic E-state index is 0.0298. The molecule has 2 nitrogen and oxygen atoms in total. The lowest BCUT2D eigenvalue weighted by atomic mass is 10.2. The largest absolute Gasteiger partial charge is 0.486 e. The molecule has 0 aliphatic carbocycles. The minimum Gasteiger partial charge on any atom is -0.486 e. The highest BCUT2D eigenvalue weighted by Gasteiger charge is 2.06. The number of aliphatic hydroxyl groups excluding tert-OH is 1. The number of hydrogen-bond donors (Lipinski definition) is 1. The van der Waals surface area contributed by atoms with Gasteiger partial charge < -0.3 is 9.84 Å². The van der Waals surface area contributed by atoms with Crippen molar-refractivity contribution in [3.63, 3.8) is 0 Å². The molecule has 0 unspecified atom stereocenters. The van der Waals surface area contributed by atoms with Gasteiger partial charge in [-0.2, -0.15) is 0 Å². The first-order chi connectivity index (χ1) is 9.10. The molecule has 2 aromatic rings. The quantitative estimate of drug-likeness (QED) is 0.928. The highest BCUT2D eigenvalue weighted by molar-refractivity contribution is 6.30. The zero-order valence-corrected chi connectivity index (χ0v) is 10.6. The molecule has 0 amide bonds. The zero-order valence-electron chi connectivity index (χ0n) is 9.87. The Balaban J connectivity index is 2.07. The van der Waals surface area contributed by atoms with Crippen molar-refractivity contribution in [3.05, 3.63) is 64.2 Å². The van der Waals surface area contributed by atoms with E-state index < -0.39 is 11.6 Å². The molecule has 2 aromatic carbocycles. The van der Waals surface area contributed by atoms with Gasteiger partial charge in [-0.15, -0.1) is 0 Å². The second kappa shape index (κ2) is 5.99. The number of halogens is 3. The molecule has 0 aliphatic heterocycles. The van der Waals surface area contributed by atoms with Gasteiger partial charge >= 0.3 is 0 Å². The number of ether oxygens (including phenoxy) is 1. The molecule has 0 saturated heterocycles. The lowest BCUT2D eigenvalue weighted by Gasteiger charge is -2.08. The maximum Gasteiger partial charge on any atom is 0.165 e. The van der Waals surface area contributed by atoms with Crippen LogP contribution in [-0.4, -0.2) is 5.11 Å². The summed E-state index contributed by atoms with van der Waals surface area (Å²) < 4.78 is 32.0. The molecule has 0 heterocycles. The molecule has 0 spiro atoms. The van der Waals surface area contributed by atoms with E-state index in [4.69, 9.17) is 21.4 Å². The van der Waals surface area contributed by atoms with E-state index in [0.29, 0.717) is 11.1 Å². The molecule has 2 rings (SSSR count). The summed E-state index contributed by atoms with van der Waals surface area (Å²) >= 11 is 5.56. The van der Waals surface area contributed by atoms with Crippen molar-refractivity contribution in [2.24, 2.45) is 0 Å². The number of hydrogen-bond acceptors (Lipinski definition) is 2. The fourth-order valence-corrected chi connectivity index (χ4v) is 1.67. The molecule has 5 heteroatoms. The number of aliphatic hydroxyl groups is 1. The molecule has 0 bridgehead atoms. The van der Waals surface area contributed by atoms with Crippen molar-refractivity contribution < 1.29 is 18.6 Å². The molecule has 1 N–H and O–H groups in total. The highest BCUT2D eigenvalue weighted by atomic mass is 35.5. The lowest BCUT2D eigenvalue weighted by molar-refractivity contribution is 0.276. The van der Waals surface area contributed by atoms with Crippen molar-refractivity contribution >= 4 is 11.6 Å². The number of benzene rings is 2. The van der Waals surface area contributed by atoms with Crippen molar-refractivity contribution in [1.82, 2.24) is 0 Å². The van der Waals surface area contributed by atoms with Gasteiger partial charge in [-0.05, 0) is 35.4 Å². The Kier molecular flexibility index (Phi) is 4.35. The van der Waals surface area contributed by atoms with Gasteiger partial charge in [-0.25, -0.2) is 8.78 Å². The van der Waals surface area contributed by atoms with Gasteiger partial charge in [-0.3, -0.25) is 0 Å². The average molecular weight is 285 g/mol. The van der Waals surface area contributed by atoms with Gasteiger partial charge in [-0.1, -0.05) is 23.7 Å². The van der Waals surface area contributed by atoms with Gasteiger partial charge in [0.2, 0.25) is 0 Å². The fourth-order valence-electron chi connectivity index (χ4n) is 1.55. The predicted molar refractivity (Wildman–Crippen MR) is 68.1 cm³/mol. The Morgan fingerprint density at radius 1 is 1.00 bits per heavy atom. The van der Waals surface area contributed by atoms with Crippen LogP contribution in [-0.2, 0) is 13.2 Å². The third-order valence-electron chi connectivity index (χ3n) is 2.56. The summed E-state index contributed by atoms with van der Waals surface area (Å²) in [6.07, 6.45) is 0. The monoisotopic (exact) mass is 284 g/mol. The van der Waals surface area contributed by atoms with Gasteiger partial charge in [0.05, 0.1) is 11.6 Å². The lowest BCUT2D eigenvalue weighted by Crippen LogP contribution is -1.99. The van der Waals surface area contributed by atoms with E-state index in [-0.39, 0.29) is 24.0 Å². The van der Waals surface area contributed by atoms with Gasteiger partial charge in [0.25, 0.3) is 0 Å². The van der Waals surface area contributed by atoms with Crippen LogP contribution in [0.25, 0.3) is 0 Å². The predicted octanol–water partition coefficient (Wildman–Crippen LogP) is 3.69. The Hall–Kier alpha value is -1.65. The van der Waals surface area contributed by atoms with E-state index in [1.165, 1.54) is 24.3 Å². The van der Waals surface area contributed by atoms with Crippen LogP contribution in [0, 0.1) is 11.6 Å². The van der Waals surface area contributed by atoms with Crippen LogP contribution in [0.5, 0.6) is 5.75 Å². The van der Waals surface area contributed by atoms with Crippen LogP contribution in [0.3, 0.4) is 0 Å². The van der Waals surface area contributed by atoms with Gasteiger partial charge in [0.15, 0.2) is 11.6 Å². The average Bonchev–Trinajstić information content (AvgIpc) is 2.41. The first-order valence-electron chi connectivity index (χ1n) is 5.56. The maximum atomic E-state index is 13.6. The van der Waals surface area contributed by atoms with Crippen molar-refractivity contribution in [1.29, 1.82) is 0 Å². The Bertz CT molecular complexity index is 588. The molecule has 19 heavy (non-hydrogen) atoms. The van der Waals surface area contributed by atoms with Gasteiger partial charge in [0.1, 0.15) is 12.4 Å². The summed E-state index contributed by atoms with van der Waals surface area (Å²) in [5.74, 6) is -1.06. The van der Waals surface area contributed by atoms with Crippen LogP contribution in [0.2, 0.25) is 5.02 Å². The van der Waals surface area contributed by atoms with Crippen molar-refractivity contribution in [2.75, 3.05) is 0 Å². The smallest absolute Gasteiger partial charge is 0.165 e. The molecule has 100 valence electrons. The summed E-state index contributed by atoms with van der Waals surface area (Å²) in [5.41, 5.74) is 1.01. The van der Waals surface area contributed by atoms with E-state index in [2.05, 4.69) is 0 Å². The fraction of sp³-hybridized carbons (Fsp3) is 0.143. The van der Waals surface area contributed by atoms with E-state index >= 15 is 0 Å². The standard InChI is InChI=1S/C14H11ClF2O2/c15-11-3-1-10(6-12(11)16)8-19-14-4-2-9(7-18)5-13(14)17/h1-6,18H,7-8H2. The third kappa shape index (κ3) is 3.43. The molecular formula is C14H11ClF2O2. The summed E-state index contributed by atoms with van der Waals surface area (Å²) in [5, 5.41) is 8.89. The molecule has 0 atom stereocenters. The second-order valence-corrected chi connectivity index (χ2v) is 4.37. The summed E-state index contributed by atoms with van der Waals surface area (Å²) in [6.45, 7) is -0.205. The van der Waals surface area contributed by atoms with E-state index in [9.17, 15) is 8.78 Å².